The maximum absolute atomic E-state index is 6.22. The Balaban J connectivity index is 0.00000162. The van der Waals surface area contributed by atoms with E-state index in [0.717, 1.165) is 130 Å². The summed E-state index contributed by atoms with van der Waals surface area (Å²) >= 11 is 0. The fourth-order valence-corrected chi connectivity index (χ4v) is 54.7. The van der Waals surface area contributed by atoms with Crippen LogP contribution in [0.5, 0.6) is 0 Å². The second-order valence-corrected chi connectivity index (χ2v) is 81.4. The van der Waals surface area contributed by atoms with Crippen molar-refractivity contribution >= 4 is 211 Å². The van der Waals surface area contributed by atoms with Crippen molar-refractivity contribution in [3.63, 3.8) is 0 Å². The molecule has 0 spiro atoms. The van der Waals surface area contributed by atoms with Gasteiger partial charge in [0.2, 0.25) is 0 Å². The third-order valence-electron chi connectivity index (χ3n) is 19.1. The van der Waals surface area contributed by atoms with Crippen LogP contribution in [0.3, 0.4) is 0 Å². The Kier molecular flexibility index (Phi) is 79.8. The zero-order valence-corrected chi connectivity index (χ0v) is 105. The quantitative estimate of drug-likeness (QED) is 0.0339. The van der Waals surface area contributed by atoms with Crippen molar-refractivity contribution in [2.75, 3.05) is 208 Å². The Morgan fingerprint density at radius 2 is 0.405 bits per heavy atom. The van der Waals surface area contributed by atoms with E-state index < -0.39 is 104 Å². The van der Waals surface area contributed by atoms with Gasteiger partial charge in [0.25, 0.3) is 0 Å². The van der Waals surface area contributed by atoms with Crippen molar-refractivity contribution in [3.8, 4) is 0 Å². The van der Waals surface area contributed by atoms with Gasteiger partial charge in [-0.3, -0.25) is 0 Å². The Morgan fingerprint density at radius 3 is 0.595 bits per heavy atom. The van der Waals surface area contributed by atoms with Crippen LogP contribution >= 0.6 is 86.4 Å². The molecule has 0 atom stereocenters. The van der Waals surface area contributed by atoms with Crippen LogP contribution in [0.1, 0.15) is 176 Å². The molecule has 0 aliphatic carbocycles. The molecule has 0 radical (unpaired) electrons. The molecular weight excluding hydrogens is 2030 g/mol. The lowest BCUT2D eigenvalue weighted by Crippen LogP contribution is -2.92. The molecule has 2 aromatic carbocycles. The van der Waals surface area contributed by atoms with Crippen molar-refractivity contribution in [1.29, 1.82) is 0 Å². The van der Waals surface area contributed by atoms with Crippen molar-refractivity contribution < 1.29 is 119 Å². The lowest BCUT2D eigenvalue weighted by Gasteiger charge is -2.63. The van der Waals surface area contributed by atoms with Crippen LogP contribution in [-0.4, -0.2) is 312 Å². The Labute approximate surface area is 842 Å². The molecule has 27 nitrogen and oxygen atoms in total. The third kappa shape index (κ3) is 53.1. The van der Waals surface area contributed by atoms with E-state index in [0.29, 0.717) is 119 Å². The van der Waals surface area contributed by atoms with E-state index in [1.807, 2.05) is 260 Å². The van der Waals surface area contributed by atoms with E-state index in [-0.39, 0.29) is 0 Å². The van der Waals surface area contributed by atoms with Gasteiger partial charge in [-0.25, -0.2) is 0 Å². The molecule has 131 heavy (non-hydrogen) atoms. The van der Waals surface area contributed by atoms with E-state index in [2.05, 4.69) is 39.3 Å². The second kappa shape index (κ2) is 78.1. The van der Waals surface area contributed by atoms with Gasteiger partial charge in [0.15, 0.2) is 0 Å². The molecule has 5 rings (SSSR count). The van der Waals surface area contributed by atoms with Crippen LogP contribution in [0, 0.1) is 0 Å². The molecule has 3 saturated heterocycles. The van der Waals surface area contributed by atoms with Crippen LogP contribution in [0.4, 0.5) is 0 Å². The first-order valence-electron chi connectivity index (χ1n) is 47.9. The van der Waals surface area contributed by atoms with Gasteiger partial charge in [-0.05, 0) is 176 Å². The monoisotopic (exact) mass is 2210 g/mol. The predicted octanol–water partition coefficient (Wildman–Crippen LogP) is 20.5. The molecule has 47 heteroatoms. The summed E-state index contributed by atoms with van der Waals surface area (Å²) in [4.78, 5) is 0. The first-order chi connectivity index (χ1) is 62.8. The fraction of sp³-hybridized carbons (Fsp3) is 0.857. The number of benzene rings is 2. The van der Waals surface area contributed by atoms with Gasteiger partial charge in [0.05, 0.1) is 0 Å². The Morgan fingerprint density at radius 1 is 0.221 bits per heavy atom. The molecular formula is C84H182O27S8Si12. The van der Waals surface area contributed by atoms with Crippen LogP contribution < -0.4 is 20.7 Å². The molecule has 3 aliphatic heterocycles. The van der Waals surface area contributed by atoms with E-state index >= 15 is 0 Å². The fourth-order valence-electron chi connectivity index (χ4n) is 13.7. The summed E-state index contributed by atoms with van der Waals surface area (Å²) in [6.07, 6.45) is 9.05. The minimum absolute atomic E-state index is 0.531. The van der Waals surface area contributed by atoms with Crippen molar-refractivity contribution in [1.82, 2.24) is 0 Å². The summed E-state index contributed by atoms with van der Waals surface area (Å²) in [6, 6.07) is 24.1. The van der Waals surface area contributed by atoms with Crippen LogP contribution in [0.15, 0.2) is 48.5 Å². The van der Waals surface area contributed by atoms with Crippen LogP contribution in [0.25, 0.3) is 0 Å². The Hall–Kier alpha value is 2.76. The normalized spacial score (nSPS) is 15.6. The molecule has 0 N–H and O–H groups in total. The highest BCUT2D eigenvalue weighted by Crippen LogP contribution is 2.49. The number of rotatable bonds is 82. The third-order valence-corrected chi connectivity index (χ3v) is 66.2. The van der Waals surface area contributed by atoms with Gasteiger partial charge < -0.3 is 119 Å². The molecule has 0 amide bonds. The maximum atomic E-state index is 6.22. The lowest BCUT2D eigenvalue weighted by molar-refractivity contribution is -0.0208. The zero-order valence-electron chi connectivity index (χ0n) is 86.6. The Bertz CT molecular complexity index is 2690. The van der Waals surface area contributed by atoms with Gasteiger partial charge in [0.1, 0.15) is 0 Å². The van der Waals surface area contributed by atoms with Crippen LogP contribution in [-0.2, 0) is 119 Å². The average molecular weight is 2220 g/mol. The van der Waals surface area contributed by atoms with Gasteiger partial charge in [0, 0.05) is 281 Å². The summed E-state index contributed by atoms with van der Waals surface area (Å²) in [5.74, 6) is 9.07. The average Bonchev–Trinajstić information content (AvgIpc) is 0.673. The van der Waals surface area contributed by atoms with Crippen molar-refractivity contribution in [2.45, 2.75) is 264 Å². The summed E-state index contributed by atoms with van der Waals surface area (Å²) in [5, 5.41) is 3.77. The molecule has 3 aliphatic rings. The molecule has 3 fully saturated rings. The predicted molar refractivity (Wildman–Crippen MR) is 585 cm³/mol. The van der Waals surface area contributed by atoms with Crippen molar-refractivity contribution in [3.05, 3.63) is 48.5 Å². The molecule has 0 aromatic heterocycles. The van der Waals surface area contributed by atoms with E-state index in [1.54, 1.807) is 42.7 Å². The van der Waals surface area contributed by atoms with Gasteiger partial charge >= 0.3 is 88.0 Å². The van der Waals surface area contributed by atoms with Gasteiger partial charge in [-0.2, -0.15) is 0 Å². The van der Waals surface area contributed by atoms with Gasteiger partial charge in [-0.1, -0.05) is 186 Å². The molecule has 2 bridgehead atoms. The van der Waals surface area contributed by atoms with E-state index in [1.165, 1.54) is 36.4 Å². The summed E-state index contributed by atoms with van der Waals surface area (Å²) in [6.45, 7) is 61.2. The first-order valence-corrected chi connectivity index (χ1v) is 83.8. The van der Waals surface area contributed by atoms with Crippen LogP contribution in [0.2, 0.25) is 87.6 Å². The summed E-state index contributed by atoms with van der Waals surface area (Å²) in [7, 11) is -2.12. The molecule has 3 heterocycles. The number of hydrogen-bond acceptors (Lipinski definition) is 35. The van der Waals surface area contributed by atoms with Crippen molar-refractivity contribution in [2.24, 2.45) is 0 Å². The van der Waals surface area contributed by atoms with E-state index in [4.69, 9.17) is 119 Å². The largest absolute Gasteiger partial charge is 0.537 e. The standard InChI is InChI=1S/C18H34O6S2Si4.2C18H42O6S2Si2.C18H34O6Si2.C12H30O3S2Si2/c1-19-29(20-2,21-3)17-9-11-18(12-10-17)30-22-28(23-30,24-30)16-8-14-26-25-13-7-15-27(4,5)6;2*1-7-19-27(20-8-2,21-9-3)17-13-15-25-26-16-14-18-28(22-10-4,23-11-5)24-12-6;1-7-19-25(20-8-2,21-9-3)17-13-15-18(16-14-17)26(22-10-4,23-11-5)24-12-6;1-13-19(14-2,15-3)12-8-10-17-16-9-7-11-18(4,5)6/h9-12H,7-8,13-16H2,1-6H3;2*7-18H2,1-6H3;13-16H,7-12H2,1-6H3;7-12H2,1-6H3. The highest BCUT2D eigenvalue weighted by atomic mass is 33.1. The summed E-state index contributed by atoms with van der Waals surface area (Å²) in [5.41, 5.74) is 0. The minimum atomic E-state index is -2.92. The minimum Gasteiger partial charge on any atom is -0.377 e. The summed E-state index contributed by atoms with van der Waals surface area (Å²) < 4.78 is 158. The SMILES string of the molecule is CCO[Si](CCCSSCCC[Si](OCC)(OCC)OCC)(OCC)OCC.CCO[Si](CCCSSCCC[Si](OCC)(OCC)OCC)(OCC)OCC.CCO[Si](OCC)(OCC)c1ccc([Si](OCC)(OCC)OCC)cc1.CO[Si](CCCSSCCC[Si](C)(C)C)(OC)OC.CO[Si](OC)(OC)c1ccc([Si]23O[Si](CCCSSCCC[Si](C)(C)C)(O2)O3)cc1. The highest BCUT2D eigenvalue weighted by molar-refractivity contribution is 8.77. The lowest BCUT2D eigenvalue weighted by atomic mass is 10.4. The highest BCUT2D eigenvalue weighted by Gasteiger charge is 2.82. The van der Waals surface area contributed by atoms with E-state index in [9.17, 15) is 0 Å². The maximum Gasteiger partial charge on any atom is 0.537 e. The molecule has 0 unspecified atom stereocenters. The molecule has 2 aromatic rings. The van der Waals surface area contributed by atoms with Gasteiger partial charge in [-0.15, -0.1) is 0 Å². The topological polar surface area (TPSA) is 249 Å². The molecule has 776 valence electrons. The smallest absolute Gasteiger partial charge is 0.377 e. The first kappa shape index (κ1) is 134. The second-order valence-electron chi connectivity index (χ2n) is 31.3. The zero-order chi connectivity index (χ0) is 98.4. The molecule has 0 saturated carbocycles. The number of hydrogen-bond donors (Lipinski definition) is 0.